The molecule has 0 saturated heterocycles. The molecule has 2 aromatic rings. The van der Waals surface area contributed by atoms with Crippen molar-refractivity contribution < 1.29 is 50.6 Å². The molecule has 2 aliphatic carbocycles. The Bertz CT molecular complexity index is 2270. The number of aromatic nitrogens is 2. The molecule has 2 aliphatic heterocycles. The second-order valence-electron chi connectivity index (χ2n) is 11.1. The zero-order valence-corrected chi connectivity index (χ0v) is 32.5. The highest BCUT2D eigenvalue weighted by Gasteiger charge is 2.46. The highest BCUT2D eigenvalue weighted by atomic mass is 35.5. The zero-order chi connectivity index (χ0) is 35.4. The van der Waals surface area contributed by atoms with Crippen molar-refractivity contribution >= 4 is 64.6 Å². The van der Waals surface area contributed by atoms with Gasteiger partial charge in [-0.1, -0.05) is 0 Å². The van der Waals surface area contributed by atoms with Gasteiger partial charge in [0.1, 0.15) is 28.2 Å². The van der Waals surface area contributed by atoms with Gasteiger partial charge in [-0.05, 0) is 48.5 Å². The van der Waals surface area contributed by atoms with E-state index in [1.807, 2.05) is 7.05 Å². The first-order chi connectivity index (χ1) is 22.5. The predicted octanol–water partition coefficient (Wildman–Crippen LogP) is -0.536. The second-order valence-corrected chi connectivity index (χ2v) is 14.9. The number of halogens is 5. The van der Waals surface area contributed by atoms with Crippen LogP contribution >= 0.6 is 22.7 Å². The van der Waals surface area contributed by atoms with Crippen LogP contribution in [0, 0.1) is 0 Å². The quantitative estimate of drug-likeness (QED) is 0.112. The van der Waals surface area contributed by atoms with Gasteiger partial charge in [0.05, 0.1) is 48.7 Å². The molecular formula is C33H37Cl2F3N6O3S3. The van der Waals surface area contributed by atoms with E-state index in [2.05, 4.69) is 139 Å². The van der Waals surface area contributed by atoms with Gasteiger partial charge in [-0.2, -0.15) is 21.6 Å². The SMILES string of the molecule is CN([11CH3])c1ccc2nc3ccc(=[N+](C)C)cc-3sc2c1.CNc1ccc2nc3ccc(=[N+](C)C)cc-3sc2c1.[11CH3]OS(=O)(=O)C(F)(F)F.[Cl-].[Cl-]. The van der Waals surface area contributed by atoms with Crippen molar-refractivity contribution in [1.29, 1.82) is 0 Å². The van der Waals surface area contributed by atoms with Gasteiger partial charge in [0, 0.05) is 56.8 Å². The summed E-state index contributed by atoms with van der Waals surface area (Å²) in [6.45, 7) is 0. The summed E-state index contributed by atoms with van der Waals surface area (Å²) < 4.78 is 62.5. The van der Waals surface area contributed by atoms with Crippen LogP contribution in [0.5, 0.6) is 0 Å². The summed E-state index contributed by atoms with van der Waals surface area (Å²) in [5.41, 5.74) is 1.25. The Kier molecular flexibility index (Phi) is 14.9. The van der Waals surface area contributed by atoms with Crippen LogP contribution in [0.25, 0.3) is 41.6 Å². The fourth-order valence-electron chi connectivity index (χ4n) is 4.30. The van der Waals surface area contributed by atoms with E-state index in [9.17, 15) is 21.6 Å². The molecule has 0 radical (unpaired) electrons. The van der Waals surface area contributed by atoms with Crippen molar-refractivity contribution in [1.82, 2.24) is 19.1 Å². The molecule has 0 spiro atoms. The summed E-state index contributed by atoms with van der Waals surface area (Å²) in [5, 5.41) is 5.58. The summed E-state index contributed by atoms with van der Waals surface area (Å²) in [6, 6.07) is 25.5. The molecule has 2 aromatic carbocycles. The third-order valence-corrected chi connectivity index (χ3v) is 10.2. The van der Waals surface area contributed by atoms with Crippen molar-refractivity contribution in [3.8, 4) is 21.1 Å². The maximum absolute atomic E-state index is 11.1. The monoisotopic (exact) mass is 786 g/mol. The fourth-order valence-corrected chi connectivity index (χ4v) is 6.56. The van der Waals surface area contributed by atoms with Gasteiger partial charge in [-0.15, -0.1) is 22.7 Å². The Labute approximate surface area is 309 Å². The molecule has 50 heavy (non-hydrogen) atoms. The molecule has 17 heteroatoms. The van der Waals surface area contributed by atoms with Crippen molar-refractivity contribution in [2.75, 3.05) is 66.7 Å². The summed E-state index contributed by atoms with van der Waals surface area (Å²) >= 11 is 3.58. The average Bonchev–Trinajstić information content (AvgIpc) is 3.05. The molecule has 4 aliphatic rings. The topological polar surface area (TPSA) is 90.4 Å². The lowest BCUT2D eigenvalue weighted by Crippen LogP contribution is -3.00. The van der Waals surface area contributed by atoms with Crippen molar-refractivity contribution in [2.45, 2.75) is 5.51 Å². The van der Waals surface area contributed by atoms with Crippen LogP contribution in [0.2, 0.25) is 0 Å². The number of alkyl halides is 3. The van der Waals surface area contributed by atoms with Crippen LogP contribution in [0.15, 0.2) is 72.8 Å². The minimum atomic E-state index is -5.34. The van der Waals surface area contributed by atoms with Gasteiger partial charge in [0.2, 0.25) is 10.7 Å². The predicted molar refractivity (Wildman–Crippen MR) is 193 cm³/mol. The lowest BCUT2D eigenvalue weighted by molar-refractivity contribution is -0.0526. The van der Waals surface area contributed by atoms with E-state index in [1.165, 1.54) is 35.6 Å². The molecular weight excluding hydrogens is 751 g/mol. The zero-order valence-electron chi connectivity index (χ0n) is 28.5. The normalized spacial score (nSPS) is 11.0. The van der Waals surface area contributed by atoms with Gasteiger partial charge < -0.3 is 35.0 Å². The van der Waals surface area contributed by atoms with E-state index in [0.717, 1.165) is 28.1 Å². The molecule has 0 aromatic heterocycles. The molecule has 0 amide bonds. The molecule has 2 heterocycles. The first-order valence-corrected chi connectivity index (χ1v) is 17.5. The van der Waals surface area contributed by atoms with E-state index in [0.29, 0.717) is 7.11 Å². The minimum Gasteiger partial charge on any atom is -1.00 e. The van der Waals surface area contributed by atoms with Crippen LogP contribution < -0.4 is 54.9 Å². The van der Waals surface area contributed by atoms with Crippen LogP contribution in [-0.4, -0.2) is 80.3 Å². The first kappa shape index (κ1) is 42.6. The Morgan fingerprint density at radius 1 is 0.740 bits per heavy atom. The number of rotatable bonds is 3. The molecule has 1 N–H and O–H groups in total. The summed E-state index contributed by atoms with van der Waals surface area (Å²) in [6.07, 6.45) is 0. The van der Waals surface area contributed by atoms with Gasteiger partial charge in [-0.3, -0.25) is 4.18 Å². The number of nitrogens with one attached hydrogen (secondary N) is 1. The second kappa shape index (κ2) is 17.6. The fraction of sp³-hybridized carbons (Fsp3) is 0.273. The highest BCUT2D eigenvalue weighted by molar-refractivity contribution is 7.87. The molecule has 9 nitrogen and oxygen atoms in total. The molecule has 0 fully saturated rings. The molecule has 0 atom stereocenters. The summed E-state index contributed by atoms with van der Waals surface area (Å²) in [5.74, 6) is 0. The maximum atomic E-state index is 11.1. The van der Waals surface area contributed by atoms with Crippen LogP contribution in [0.1, 0.15) is 0 Å². The number of hydrogen-bond donors (Lipinski definition) is 1. The van der Waals surface area contributed by atoms with E-state index in [1.54, 1.807) is 22.7 Å². The molecule has 0 bridgehead atoms. The standard InChI is InChI=1S/C16H18N3S.C15H15N3S.C2H3F3O3S.2ClH/c1-18(2)11-5-7-13-15(9-11)20-16-10-12(19(3)4)6-8-14(16)17-13;1-16-10-4-6-12-14(8-10)19-15-9-11(18(2)3)5-7-13(15)17-12;1-8-9(6,7)2(3,4)5;;/h5-10H,1-4H3;4-9H,1-3H3;1H3;2*1H/q+1;;;;/p-1/i1-1;;1-1;;. The van der Waals surface area contributed by atoms with Gasteiger partial charge in [-0.25, -0.2) is 19.1 Å². The van der Waals surface area contributed by atoms with Crippen molar-refractivity contribution in [3.05, 3.63) is 83.5 Å². The molecule has 270 valence electrons. The van der Waals surface area contributed by atoms with E-state index >= 15 is 0 Å². The number of anilines is 2. The molecule has 6 rings (SSSR count). The van der Waals surface area contributed by atoms with Crippen molar-refractivity contribution in [2.24, 2.45) is 0 Å². The van der Waals surface area contributed by atoms with E-state index < -0.39 is 15.6 Å². The van der Waals surface area contributed by atoms with Gasteiger partial charge in [0.25, 0.3) is 0 Å². The lowest BCUT2D eigenvalue weighted by Gasteiger charge is -2.13. The van der Waals surface area contributed by atoms with Crippen LogP contribution in [0.3, 0.4) is 0 Å². The Morgan fingerprint density at radius 2 is 1.20 bits per heavy atom. The van der Waals surface area contributed by atoms with Crippen LogP contribution in [0.4, 0.5) is 24.5 Å². The maximum Gasteiger partial charge on any atom is 0.523 e. The highest BCUT2D eigenvalue weighted by Crippen LogP contribution is 2.32. The third-order valence-electron chi connectivity index (χ3n) is 7.05. The van der Waals surface area contributed by atoms with Gasteiger partial charge in [0.15, 0.2) is 0 Å². The largest absolute Gasteiger partial charge is 1.00 e. The third kappa shape index (κ3) is 10.2. The lowest BCUT2D eigenvalue weighted by atomic mass is 10.2. The minimum absolute atomic E-state index is 0. The number of nitrogens with zero attached hydrogens (tertiary/aromatic N) is 5. The average molecular weight is 788 g/mol. The molecule has 0 unspecified atom stereocenters. The van der Waals surface area contributed by atoms with E-state index in [-0.39, 0.29) is 24.8 Å². The number of fused-ring (bicyclic) bond motifs is 4. The summed E-state index contributed by atoms with van der Waals surface area (Å²) in [4.78, 5) is 14.0. The Morgan fingerprint density at radius 3 is 1.58 bits per heavy atom. The van der Waals surface area contributed by atoms with Crippen molar-refractivity contribution in [3.63, 3.8) is 0 Å². The summed E-state index contributed by atoms with van der Waals surface area (Å²) in [7, 11) is 9.40. The smallest absolute Gasteiger partial charge is 0.523 e. The van der Waals surface area contributed by atoms with Crippen LogP contribution in [-0.2, 0) is 14.3 Å². The number of hydrogen-bond acceptors (Lipinski definition) is 9. The molecule has 0 saturated carbocycles. The van der Waals surface area contributed by atoms with Gasteiger partial charge >= 0.3 is 15.6 Å². The number of benzene rings is 4. The first-order valence-electron chi connectivity index (χ1n) is 14.4. The Balaban J connectivity index is 0.000000273. The Hall–Kier alpha value is -3.60. The van der Waals surface area contributed by atoms with E-state index in [4.69, 9.17) is 9.97 Å².